The zero-order valence-electron chi connectivity index (χ0n) is 48.8. The normalized spacial score (nSPS) is 18.8. The van der Waals surface area contributed by atoms with Crippen LogP contribution in [0.1, 0.15) is 213 Å². The summed E-state index contributed by atoms with van der Waals surface area (Å²) in [5.41, 5.74) is 0. The number of carboxylic acids is 1. The molecule has 3 N–H and O–H groups in total. The minimum Gasteiger partial charge on any atom is -0.479 e. The summed E-state index contributed by atoms with van der Waals surface area (Å²) in [4.78, 5) is 51.2. The highest BCUT2D eigenvalue weighted by Gasteiger charge is 2.50. The lowest BCUT2D eigenvalue weighted by Crippen LogP contribution is -2.61. The van der Waals surface area contributed by atoms with Crippen LogP contribution < -0.4 is 0 Å². The summed E-state index contributed by atoms with van der Waals surface area (Å²) in [5, 5.41) is 31.5. The van der Waals surface area contributed by atoms with Crippen molar-refractivity contribution in [2.24, 2.45) is 0 Å². The third-order valence-electron chi connectivity index (χ3n) is 12.7. The molecule has 0 aromatic carbocycles. The van der Waals surface area contributed by atoms with Crippen LogP contribution in [0.3, 0.4) is 0 Å². The fourth-order valence-corrected chi connectivity index (χ4v) is 8.13. The smallest absolute Gasteiger partial charge is 0.335 e. The van der Waals surface area contributed by atoms with E-state index in [2.05, 4.69) is 148 Å². The summed E-state index contributed by atoms with van der Waals surface area (Å²) in [5.74, 6) is -3.28. The second kappa shape index (κ2) is 53.5. The molecule has 1 aliphatic rings. The molecule has 1 aliphatic heterocycles. The van der Waals surface area contributed by atoms with Gasteiger partial charge in [0.1, 0.15) is 18.8 Å². The van der Waals surface area contributed by atoms with Crippen LogP contribution in [0.15, 0.2) is 134 Å². The molecule has 1 heterocycles. The molecule has 1 rings (SSSR count). The quantitative estimate of drug-likeness (QED) is 0.0228. The minimum atomic E-state index is -1.93. The predicted molar refractivity (Wildman–Crippen MR) is 321 cm³/mol. The summed E-state index contributed by atoms with van der Waals surface area (Å²) in [7, 11) is 0. The Hall–Kier alpha value is -5.14. The van der Waals surface area contributed by atoms with Gasteiger partial charge in [0.05, 0.1) is 6.61 Å². The van der Waals surface area contributed by atoms with E-state index in [1.807, 2.05) is 6.08 Å². The number of carbonyl (C=O) groups excluding carboxylic acids is 3. The molecule has 0 aromatic heterocycles. The first-order valence-electron chi connectivity index (χ1n) is 30.2. The van der Waals surface area contributed by atoms with Crippen LogP contribution in [-0.2, 0) is 42.9 Å². The van der Waals surface area contributed by atoms with Gasteiger partial charge in [-0.15, -0.1) is 0 Å². The van der Waals surface area contributed by atoms with Crippen LogP contribution >= 0.6 is 0 Å². The molecule has 0 radical (unpaired) electrons. The molecular weight excluding hydrogens is 997 g/mol. The molecule has 0 bridgehead atoms. The number of hydrogen-bond acceptors (Lipinski definition) is 11. The van der Waals surface area contributed by atoms with E-state index in [1.54, 1.807) is 0 Å². The summed E-state index contributed by atoms with van der Waals surface area (Å²) < 4.78 is 28.3. The van der Waals surface area contributed by atoms with Gasteiger partial charge >= 0.3 is 23.9 Å². The monoisotopic (exact) mass is 1100 g/mol. The summed E-state index contributed by atoms with van der Waals surface area (Å²) in [6, 6.07) is 0. The highest BCUT2D eigenvalue weighted by Crippen LogP contribution is 2.26. The molecule has 79 heavy (non-hydrogen) atoms. The lowest BCUT2D eigenvalue weighted by molar-refractivity contribution is -0.301. The van der Waals surface area contributed by atoms with E-state index in [9.17, 15) is 34.5 Å². The molecule has 444 valence electrons. The molecule has 1 saturated heterocycles. The Morgan fingerprint density at radius 2 is 0.810 bits per heavy atom. The average molecular weight is 1100 g/mol. The Bertz CT molecular complexity index is 1880. The molecule has 6 unspecified atom stereocenters. The number of esters is 3. The fourth-order valence-electron chi connectivity index (χ4n) is 8.13. The second-order valence-corrected chi connectivity index (χ2v) is 19.9. The number of ether oxygens (including phenoxy) is 5. The number of aliphatic hydroxyl groups is 2. The van der Waals surface area contributed by atoms with Crippen LogP contribution in [0.5, 0.6) is 0 Å². The largest absolute Gasteiger partial charge is 0.479 e. The number of rotatable bonds is 49. The van der Waals surface area contributed by atoms with Gasteiger partial charge in [0.15, 0.2) is 24.6 Å². The maximum Gasteiger partial charge on any atom is 0.335 e. The number of carbonyl (C=O) groups is 4. The van der Waals surface area contributed by atoms with Gasteiger partial charge in [0, 0.05) is 19.3 Å². The fraction of sp³-hybridized carbons (Fsp3) is 0.612. The zero-order chi connectivity index (χ0) is 57.5. The van der Waals surface area contributed by atoms with E-state index in [-0.39, 0.29) is 25.9 Å². The van der Waals surface area contributed by atoms with E-state index in [0.717, 1.165) is 122 Å². The van der Waals surface area contributed by atoms with Gasteiger partial charge in [-0.25, -0.2) is 4.79 Å². The molecule has 0 saturated carbocycles. The lowest BCUT2D eigenvalue weighted by atomic mass is 9.98. The Morgan fingerprint density at radius 1 is 0.430 bits per heavy atom. The number of allylic oxidation sites excluding steroid dienone is 22. The topological polar surface area (TPSA) is 175 Å². The van der Waals surface area contributed by atoms with Crippen LogP contribution in [0.4, 0.5) is 0 Å². The Morgan fingerprint density at radius 3 is 1.28 bits per heavy atom. The van der Waals surface area contributed by atoms with E-state index < -0.39 is 67.3 Å². The number of carboxylic acid groups (broad SMARTS) is 1. The molecule has 0 aromatic rings. The summed E-state index contributed by atoms with van der Waals surface area (Å²) in [6.45, 7) is 5.65. The van der Waals surface area contributed by atoms with Crippen molar-refractivity contribution in [2.75, 3.05) is 13.2 Å². The Kier molecular flexibility index (Phi) is 48.7. The molecule has 6 atom stereocenters. The van der Waals surface area contributed by atoms with Crippen molar-refractivity contribution in [3.63, 3.8) is 0 Å². The van der Waals surface area contributed by atoms with Crippen molar-refractivity contribution in [3.8, 4) is 0 Å². The molecule has 1 fully saturated rings. The number of unbranched alkanes of at least 4 members (excludes halogenated alkanes) is 13. The van der Waals surface area contributed by atoms with Gasteiger partial charge in [-0.05, 0) is 128 Å². The number of aliphatic carboxylic acids is 1. The predicted octanol–water partition coefficient (Wildman–Crippen LogP) is 15.8. The highest BCUT2D eigenvalue weighted by molar-refractivity contribution is 5.74. The molecule has 12 heteroatoms. The molecule has 0 amide bonds. The van der Waals surface area contributed by atoms with E-state index in [1.165, 1.54) is 19.3 Å². The standard InChI is InChI=1S/C67H104O12/c1-4-7-10-13-16-19-22-25-28-30-33-35-38-41-44-47-50-53-59(68)75-56-58(77-60(69)54-51-48-45-42-39-37-34-31-29-26-23-20-17-14-11-8-5-2)57-76-67-65(63(72)62(71)64(79-67)66(73)74)78-61(70)55-52-49-46-43-40-36-32-27-24-21-18-15-12-9-6-3/h7,9-10,12,16-21,25-29,32-33,35,40-41,43-44,58,62-65,67,71-72H,4-6,8,11,13-15,22-24,30-31,34,36-39,42,45-57H2,1-3H3,(H,73,74)/b10-7-,12-9-,19-16-,20-17-,21-18-,28-25-,29-26-,32-27-,35-33-,43-40-,44-41-. The van der Waals surface area contributed by atoms with Crippen molar-refractivity contribution in [3.05, 3.63) is 134 Å². The minimum absolute atomic E-state index is 0.00560. The maximum absolute atomic E-state index is 13.2. The van der Waals surface area contributed by atoms with Crippen LogP contribution in [0.25, 0.3) is 0 Å². The van der Waals surface area contributed by atoms with Crippen LogP contribution in [0, 0.1) is 0 Å². The number of hydrogen-bond donors (Lipinski definition) is 3. The van der Waals surface area contributed by atoms with E-state index in [4.69, 9.17) is 23.7 Å². The number of aliphatic hydroxyl groups excluding tert-OH is 2. The maximum atomic E-state index is 13.2. The van der Waals surface area contributed by atoms with Gasteiger partial charge in [0.25, 0.3) is 0 Å². The van der Waals surface area contributed by atoms with Gasteiger partial charge in [0.2, 0.25) is 0 Å². The van der Waals surface area contributed by atoms with Crippen LogP contribution in [-0.4, -0.2) is 89.2 Å². The van der Waals surface area contributed by atoms with Gasteiger partial charge in [-0.2, -0.15) is 0 Å². The molecule has 0 aliphatic carbocycles. The Balaban J connectivity index is 2.77. The van der Waals surface area contributed by atoms with Crippen molar-refractivity contribution < 1.29 is 58.2 Å². The Labute approximate surface area is 477 Å². The SMILES string of the molecule is CC/C=C\C/C=C\C/C=C\C/C=C\C/C=C\CCCC(=O)OCC(COC1OC(C(=O)O)C(O)C(O)C1OC(=O)CCCC/C=C\C/C=C\C/C=C\C/C=C\CC)OC(=O)CCCCCCCCC/C=C\C/C=C\CCCCC. The van der Waals surface area contributed by atoms with E-state index in [0.29, 0.717) is 32.1 Å². The van der Waals surface area contributed by atoms with Crippen molar-refractivity contribution in [1.82, 2.24) is 0 Å². The van der Waals surface area contributed by atoms with Crippen LogP contribution in [0.2, 0.25) is 0 Å². The summed E-state index contributed by atoms with van der Waals surface area (Å²) in [6.07, 6.45) is 62.8. The summed E-state index contributed by atoms with van der Waals surface area (Å²) >= 11 is 0. The first kappa shape index (κ1) is 71.9. The van der Waals surface area contributed by atoms with Crippen molar-refractivity contribution in [1.29, 1.82) is 0 Å². The van der Waals surface area contributed by atoms with E-state index >= 15 is 0 Å². The average Bonchev–Trinajstić information content (AvgIpc) is 3.46. The first-order chi connectivity index (χ1) is 38.6. The molecular formula is C67H104O12. The molecule has 0 spiro atoms. The third kappa shape index (κ3) is 43.4. The second-order valence-electron chi connectivity index (χ2n) is 19.9. The molecule has 12 nitrogen and oxygen atoms in total. The zero-order valence-corrected chi connectivity index (χ0v) is 48.8. The van der Waals surface area contributed by atoms with Gasteiger partial charge in [-0.1, -0.05) is 199 Å². The lowest BCUT2D eigenvalue weighted by Gasteiger charge is -2.40. The van der Waals surface area contributed by atoms with Gasteiger partial charge < -0.3 is 39.0 Å². The van der Waals surface area contributed by atoms with Gasteiger partial charge in [-0.3, -0.25) is 14.4 Å². The van der Waals surface area contributed by atoms with Crippen molar-refractivity contribution >= 4 is 23.9 Å². The first-order valence-corrected chi connectivity index (χ1v) is 30.2. The third-order valence-corrected chi connectivity index (χ3v) is 12.7. The van der Waals surface area contributed by atoms with Crippen molar-refractivity contribution in [2.45, 2.75) is 250 Å². The highest BCUT2D eigenvalue weighted by atomic mass is 16.7.